The van der Waals surface area contributed by atoms with Gasteiger partial charge in [-0.15, -0.1) is 0 Å². The number of hydrogen-bond donors (Lipinski definition) is 2. The van der Waals surface area contributed by atoms with Gasteiger partial charge in [0.1, 0.15) is 11.5 Å². The second-order valence-electron chi connectivity index (χ2n) is 11.4. The fourth-order valence-corrected chi connectivity index (χ4v) is 7.06. The molecule has 2 amide bonds. The van der Waals surface area contributed by atoms with Gasteiger partial charge in [0, 0.05) is 83.9 Å². The van der Waals surface area contributed by atoms with E-state index in [0.717, 1.165) is 23.9 Å². The third-order valence-corrected chi connectivity index (χ3v) is 9.26. The van der Waals surface area contributed by atoms with Crippen molar-refractivity contribution in [1.29, 1.82) is 0 Å². The quantitative estimate of drug-likeness (QED) is 0.281. The van der Waals surface area contributed by atoms with Gasteiger partial charge >= 0.3 is 0 Å². The highest BCUT2D eigenvalue weighted by Crippen LogP contribution is 2.47. The van der Waals surface area contributed by atoms with E-state index in [1.807, 2.05) is 17.0 Å². The van der Waals surface area contributed by atoms with E-state index in [2.05, 4.69) is 70.9 Å². The number of nitrogens with zero attached hydrogens (tertiary/aromatic N) is 2. The largest absolute Gasteiger partial charge is 0.497 e. The second kappa shape index (κ2) is 10.3. The molecule has 7 rings (SSSR count). The molecule has 0 radical (unpaired) electrons. The van der Waals surface area contributed by atoms with Crippen molar-refractivity contribution in [3.05, 3.63) is 90.3 Å². The van der Waals surface area contributed by atoms with Crippen molar-refractivity contribution < 1.29 is 19.1 Å². The minimum absolute atomic E-state index is 0.0483. The van der Waals surface area contributed by atoms with Crippen molar-refractivity contribution in [1.82, 2.24) is 14.9 Å². The van der Waals surface area contributed by atoms with E-state index >= 15 is 0 Å². The van der Waals surface area contributed by atoms with Crippen LogP contribution in [0.2, 0.25) is 0 Å². The van der Waals surface area contributed by atoms with Crippen molar-refractivity contribution in [2.24, 2.45) is 5.92 Å². The molecule has 8 nitrogen and oxygen atoms in total. The number of para-hydroxylation sites is 2. The molecule has 2 aliphatic heterocycles. The van der Waals surface area contributed by atoms with E-state index in [1.54, 1.807) is 25.2 Å². The standard InChI is InChI=1S/C34H34N4O4/c1-41-24-16-23(17-25(18-24)42-2)38-21-22(15-32(38)39)33(40)37-13-11-34(12-14-37,28-19-35-30-9-5-3-7-26(28)30)29-20-36-31-10-6-4-8-27(29)31/h3-10,16-20,22,35-36H,11-15,21H2,1-2H3. The minimum Gasteiger partial charge on any atom is -0.497 e. The van der Waals surface area contributed by atoms with Gasteiger partial charge < -0.3 is 29.2 Å². The third kappa shape index (κ3) is 4.21. The van der Waals surface area contributed by atoms with E-state index in [0.29, 0.717) is 36.8 Å². The van der Waals surface area contributed by atoms with Gasteiger partial charge in [-0.3, -0.25) is 9.59 Å². The van der Waals surface area contributed by atoms with Crippen LogP contribution in [-0.4, -0.2) is 60.5 Å². The SMILES string of the molecule is COc1cc(OC)cc(N2CC(C(=O)N3CCC(c4c[nH]c5ccccc45)(c4c[nH]c5ccccc45)CC3)CC2=O)c1. The lowest BCUT2D eigenvalue weighted by atomic mass is 9.67. The Morgan fingerprint density at radius 3 is 1.93 bits per heavy atom. The van der Waals surface area contributed by atoms with Crippen LogP contribution in [0.25, 0.3) is 21.8 Å². The molecular weight excluding hydrogens is 528 g/mol. The van der Waals surface area contributed by atoms with Gasteiger partial charge in [-0.25, -0.2) is 0 Å². The maximum atomic E-state index is 13.9. The molecule has 3 aromatic carbocycles. The molecule has 0 saturated carbocycles. The van der Waals surface area contributed by atoms with E-state index in [-0.39, 0.29) is 29.6 Å². The van der Waals surface area contributed by atoms with Gasteiger partial charge in [0.2, 0.25) is 11.8 Å². The highest BCUT2D eigenvalue weighted by molar-refractivity contribution is 6.00. The molecule has 0 spiro atoms. The first-order chi connectivity index (χ1) is 20.5. The topological polar surface area (TPSA) is 90.7 Å². The number of H-pyrrole nitrogens is 2. The zero-order valence-electron chi connectivity index (χ0n) is 23.9. The van der Waals surface area contributed by atoms with Crippen molar-refractivity contribution in [2.45, 2.75) is 24.7 Å². The first-order valence-electron chi connectivity index (χ1n) is 14.5. The summed E-state index contributed by atoms with van der Waals surface area (Å²) in [7, 11) is 3.17. The molecule has 2 aromatic heterocycles. The molecule has 8 heteroatoms. The first-order valence-corrected chi connectivity index (χ1v) is 14.5. The summed E-state index contributed by atoms with van der Waals surface area (Å²) in [5.41, 5.74) is 5.19. The van der Waals surface area contributed by atoms with Crippen LogP contribution < -0.4 is 14.4 Å². The van der Waals surface area contributed by atoms with E-state index in [4.69, 9.17) is 9.47 Å². The minimum atomic E-state index is -0.386. The zero-order chi connectivity index (χ0) is 28.8. The number of hydrogen-bond acceptors (Lipinski definition) is 4. The second-order valence-corrected chi connectivity index (χ2v) is 11.4. The van der Waals surface area contributed by atoms with Crippen LogP contribution in [0.15, 0.2) is 79.1 Å². The number of rotatable bonds is 6. The third-order valence-electron chi connectivity index (χ3n) is 9.26. The van der Waals surface area contributed by atoms with Crippen LogP contribution in [0, 0.1) is 5.92 Å². The Morgan fingerprint density at radius 1 is 0.833 bits per heavy atom. The number of aromatic nitrogens is 2. The lowest BCUT2D eigenvalue weighted by Crippen LogP contribution is -2.47. The zero-order valence-corrected chi connectivity index (χ0v) is 23.9. The Labute approximate surface area is 244 Å². The van der Waals surface area contributed by atoms with Gasteiger partial charge in [-0.1, -0.05) is 36.4 Å². The van der Waals surface area contributed by atoms with E-state index in [9.17, 15) is 9.59 Å². The molecule has 0 bridgehead atoms. The van der Waals surface area contributed by atoms with Gasteiger partial charge in [0.15, 0.2) is 0 Å². The number of aromatic amines is 2. The van der Waals surface area contributed by atoms with Crippen LogP contribution in [0.4, 0.5) is 5.69 Å². The number of amides is 2. The molecule has 2 saturated heterocycles. The average Bonchev–Trinajstić information content (AvgIpc) is 3.77. The molecule has 2 fully saturated rings. The summed E-state index contributed by atoms with van der Waals surface area (Å²) >= 11 is 0. The lowest BCUT2D eigenvalue weighted by Gasteiger charge is -2.43. The number of anilines is 1. The van der Waals surface area contributed by atoms with Crippen molar-refractivity contribution in [3.63, 3.8) is 0 Å². The number of benzene rings is 3. The van der Waals surface area contributed by atoms with Gasteiger partial charge in [-0.05, 0) is 36.1 Å². The Bertz CT molecular complexity index is 1700. The van der Waals surface area contributed by atoms with Crippen LogP contribution in [0.3, 0.4) is 0 Å². The first kappa shape index (κ1) is 26.2. The Morgan fingerprint density at radius 2 is 1.38 bits per heavy atom. The summed E-state index contributed by atoms with van der Waals surface area (Å²) in [5, 5.41) is 2.43. The maximum absolute atomic E-state index is 13.9. The van der Waals surface area contributed by atoms with Crippen LogP contribution in [0.5, 0.6) is 11.5 Å². The average molecular weight is 563 g/mol. The molecule has 2 aliphatic rings. The Balaban J connectivity index is 1.16. The number of piperidine rings is 1. The van der Waals surface area contributed by atoms with Gasteiger partial charge in [-0.2, -0.15) is 0 Å². The summed E-state index contributed by atoms with van der Waals surface area (Å²) < 4.78 is 10.8. The molecule has 1 atom stereocenters. The molecule has 214 valence electrons. The number of ether oxygens (including phenoxy) is 2. The summed E-state index contributed by atoms with van der Waals surface area (Å²) in [5.74, 6) is 0.811. The number of likely N-dealkylation sites (tertiary alicyclic amines) is 1. The van der Waals surface area contributed by atoms with Crippen molar-refractivity contribution >= 4 is 39.3 Å². The van der Waals surface area contributed by atoms with Gasteiger partial charge in [0.05, 0.1) is 25.8 Å². The monoisotopic (exact) mass is 562 g/mol. The fraction of sp³-hybridized carbons (Fsp3) is 0.294. The molecule has 4 heterocycles. The van der Waals surface area contributed by atoms with E-state index < -0.39 is 0 Å². The maximum Gasteiger partial charge on any atom is 0.228 e. The van der Waals surface area contributed by atoms with Crippen LogP contribution >= 0.6 is 0 Å². The lowest BCUT2D eigenvalue weighted by molar-refractivity contribution is -0.137. The highest BCUT2D eigenvalue weighted by atomic mass is 16.5. The van der Waals surface area contributed by atoms with Crippen molar-refractivity contribution in [3.8, 4) is 11.5 Å². The molecule has 1 unspecified atom stereocenters. The number of methoxy groups -OCH3 is 2. The van der Waals surface area contributed by atoms with Crippen LogP contribution in [0.1, 0.15) is 30.4 Å². The highest BCUT2D eigenvalue weighted by Gasteiger charge is 2.44. The summed E-state index contributed by atoms with van der Waals surface area (Å²) in [6.07, 6.45) is 6.09. The summed E-state index contributed by atoms with van der Waals surface area (Å²) in [4.78, 5) is 37.6. The molecule has 2 N–H and O–H groups in total. The number of fused-ring (bicyclic) bond motifs is 2. The summed E-state index contributed by atoms with van der Waals surface area (Å²) in [6.45, 7) is 1.59. The van der Waals surface area contributed by atoms with Gasteiger partial charge in [0.25, 0.3) is 0 Å². The number of carbonyl (C=O) groups is 2. The fourth-order valence-electron chi connectivity index (χ4n) is 7.06. The van der Waals surface area contributed by atoms with E-state index in [1.165, 1.54) is 21.9 Å². The van der Waals surface area contributed by atoms with Crippen LogP contribution in [-0.2, 0) is 15.0 Å². The molecule has 0 aliphatic carbocycles. The normalized spacial score (nSPS) is 18.6. The predicted molar refractivity (Wildman–Crippen MR) is 163 cm³/mol. The smallest absolute Gasteiger partial charge is 0.228 e. The van der Waals surface area contributed by atoms with Crippen molar-refractivity contribution in [2.75, 3.05) is 38.8 Å². The predicted octanol–water partition coefficient (Wildman–Crippen LogP) is 5.63. The Hall–Kier alpha value is -4.72. The number of nitrogens with one attached hydrogen (secondary N) is 2. The summed E-state index contributed by atoms with van der Waals surface area (Å²) in [6, 6.07) is 22.3. The number of carbonyl (C=O) groups excluding carboxylic acids is 2. The molecular formula is C34H34N4O4. The Kier molecular flexibility index (Phi) is 6.41. The molecule has 42 heavy (non-hydrogen) atoms. The molecule has 5 aromatic rings.